The Kier molecular flexibility index (Phi) is 8.80. The van der Waals surface area contributed by atoms with Gasteiger partial charge in [0.1, 0.15) is 5.82 Å². The van der Waals surface area contributed by atoms with Gasteiger partial charge in [0, 0.05) is 28.9 Å². The molecule has 0 aliphatic carbocycles. The zero-order chi connectivity index (χ0) is 26.5. The van der Waals surface area contributed by atoms with E-state index in [4.69, 9.17) is 4.74 Å². The standard InChI is InChI=1S/C31H31F5O/c1-3-5-19-9-13-23(27(32)17-19)24-15-16-26(31(36)30(24)35)25-14-11-21(28(33)29(25)34)10-7-20-8-12-22(6-4-2)37-18-20/h3,5,9,11,13-17,20,22H,4,6-8,10,12,18H2,1-2H3. The number of ether oxygens (including phenoxy) is 1. The van der Waals surface area contributed by atoms with Crippen molar-refractivity contribution in [2.24, 2.45) is 5.92 Å². The normalized spacial score (nSPS) is 18.0. The van der Waals surface area contributed by atoms with Gasteiger partial charge in [0.05, 0.1) is 6.10 Å². The molecule has 1 heterocycles. The van der Waals surface area contributed by atoms with Crippen molar-refractivity contribution in [2.45, 2.75) is 58.5 Å². The molecule has 0 aromatic heterocycles. The molecule has 0 saturated carbocycles. The van der Waals surface area contributed by atoms with E-state index in [0.717, 1.165) is 31.7 Å². The SMILES string of the molecule is CC=Cc1ccc(-c2ccc(-c3ccc(CCC4CCC(CCC)OC4)c(F)c3F)c(F)c2F)c(F)c1. The van der Waals surface area contributed by atoms with Crippen LogP contribution in [0.3, 0.4) is 0 Å². The highest BCUT2D eigenvalue weighted by Crippen LogP contribution is 2.35. The molecule has 3 aromatic carbocycles. The summed E-state index contributed by atoms with van der Waals surface area (Å²) >= 11 is 0. The van der Waals surface area contributed by atoms with Gasteiger partial charge >= 0.3 is 0 Å². The fraction of sp³-hybridized carbons (Fsp3) is 0.355. The average molecular weight is 515 g/mol. The molecule has 1 aliphatic rings. The summed E-state index contributed by atoms with van der Waals surface area (Å²) in [5, 5.41) is 0. The van der Waals surface area contributed by atoms with Crippen LogP contribution >= 0.6 is 0 Å². The van der Waals surface area contributed by atoms with E-state index >= 15 is 8.78 Å². The van der Waals surface area contributed by atoms with Crippen LogP contribution in [-0.4, -0.2) is 12.7 Å². The van der Waals surface area contributed by atoms with Gasteiger partial charge < -0.3 is 4.74 Å². The lowest BCUT2D eigenvalue weighted by Crippen LogP contribution is -2.26. The number of allylic oxidation sites excluding steroid dienone is 1. The van der Waals surface area contributed by atoms with Gasteiger partial charge in [-0.05, 0) is 62.1 Å². The molecule has 0 spiro atoms. The molecule has 0 amide bonds. The summed E-state index contributed by atoms with van der Waals surface area (Å²) in [4.78, 5) is 0. The molecule has 2 unspecified atom stereocenters. The first-order chi connectivity index (χ1) is 17.8. The Morgan fingerprint density at radius 2 is 1.41 bits per heavy atom. The predicted molar refractivity (Wildman–Crippen MR) is 138 cm³/mol. The summed E-state index contributed by atoms with van der Waals surface area (Å²) in [5.41, 5.74) is -0.437. The minimum atomic E-state index is -1.36. The molecule has 3 aromatic rings. The molecule has 1 saturated heterocycles. The predicted octanol–water partition coefficient (Wildman–Crippen LogP) is 9.28. The van der Waals surface area contributed by atoms with Crippen molar-refractivity contribution in [1.82, 2.24) is 0 Å². The highest BCUT2D eigenvalue weighted by Gasteiger charge is 2.24. The monoisotopic (exact) mass is 514 g/mol. The first kappa shape index (κ1) is 27.1. The van der Waals surface area contributed by atoms with Gasteiger partial charge in [-0.2, -0.15) is 0 Å². The number of aryl methyl sites for hydroxylation is 1. The van der Waals surface area contributed by atoms with Crippen molar-refractivity contribution in [3.8, 4) is 22.3 Å². The van der Waals surface area contributed by atoms with Crippen molar-refractivity contribution < 1.29 is 26.7 Å². The first-order valence-corrected chi connectivity index (χ1v) is 12.8. The van der Waals surface area contributed by atoms with Crippen molar-refractivity contribution in [3.05, 3.63) is 88.8 Å². The van der Waals surface area contributed by atoms with E-state index in [1.165, 1.54) is 30.3 Å². The molecule has 196 valence electrons. The maximum absolute atomic E-state index is 15.0. The van der Waals surface area contributed by atoms with E-state index in [-0.39, 0.29) is 34.3 Å². The van der Waals surface area contributed by atoms with E-state index in [1.54, 1.807) is 25.1 Å². The summed E-state index contributed by atoms with van der Waals surface area (Å²) in [6.07, 6.45) is 8.74. The highest BCUT2D eigenvalue weighted by molar-refractivity contribution is 5.73. The van der Waals surface area contributed by atoms with E-state index in [1.807, 2.05) is 0 Å². The summed E-state index contributed by atoms with van der Waals surface area (Å²) in [5.74, 6) is -5.41. The zero-order valence-corrected chi connectivity index (χ0v) is 21.1. The fourth-order valence-electron chi connectivity index (χ4n) is 5.00. The minimum Gasteiger partial charge on any atom is -0.378 e. The quantitative estimate of drug-likeness (QED) is 0.272. The van der Waals surface area contributed by atoms with Crippen LogP contribution in [0.4, 0.5) is 22.0 Å². The van der Waals surface area contributed by atoms with Gasteiger partial charge in [-0.15, -0.1) is 0 Å². The minimum absolute atomic E-state index is 0.120. The van der Waals surface area contributed by atoms with Gasteiger partial charge in [0.2, 0.25) is 0 Å². The van der Waals surface area contributed by atoms with E-state index < -0.39 is 34.6 Å². The van der Waals surface area contributed by atoms with Crippen molar-refractivity contribution in [3.63, 3.8) is 0 Å². The lowest BCUT2D eigenvalue weighted by Gasteiger charge is -2.29. The number of halogens is 5. The Morgan fingerprint density at radius 3 is 2.00 bits per heavy atom. The van der Waals surface area contributed by atoms with Crippen LogP contribution in [0.15, 0.2) is 48.5 Å². The van der Waals surface area contributed by atoms with E-state index in [0.29, 0.717) is 25.0 Å². The Balaban J connectivity index is 1.53. The van der Waals surface area contributed by atoms with Crippen LogP contribution in [-0.2, 0) is 11.2 Å². The van der Waals surface area contributed by atoms with Gasteiger partial charge in [0.25, 0.3) is 0 Å². The van der Waals surface area contributed by atoms with Crippen LogP contribution in [0.1, 0.15) is 57.1 Å². The second kappa shape index (κ2) is 12.0. The maximum atomic E-state index is 15.0. The second-order valence-electron chi connectivity index (χ2n) is 9.65. The molecule has 1 nitrogen and oxygen atoms in total. The average Bonchev–Trinajstić information content (AvgIpc) is 2.89. The molecule has 6 heteroatoms. The molecule has 37 heavy (non-hydrogen) atoms. The summed E-state index contributed by atoms with van der Waals surface area (Å²) in [6.45, 7) is 4.51. The number of hydrogen-bond acceptors (Lipinski definition) is 1. The topological polar surface area (TPSA) is 9.23 Å². The van der Waals surface area contributed by atoms with Crippen molar-refractivity contribution >= 4 is 6.08 Å². The summed E-state index contributed by atoms with van der Waals surface area (Å²) in [6, 6.07) is 9.18. The molecule has 4 rings (SSSR count). The van der Waals surface area contributed by atoms with Crippen molar-refractivity contribution in [2.75, 3.05) is 6.61 Å². The largest absolute Gasteiger partial charge is 0.378 e. The molecule has 2 atom stereocenters. The number of hydrogen-bond donors (Lipinski definition) is 0. The third-order valence-electron chi connectivity index (χ3n) is 7.07. The third-order valence-corrected chi connectivity index (χ3v) is 7.07. The maximum Gasteiger partial charge on any atom is 0.167 e. The zero-order valence-electron chi connectivity index (χ0n) is 21.1. The first-order valence-electron chi connectivity index (χ1n) is 12.8. The third kappa shape index (κ3) is 5.96. The Morgan fingerprint density at radius 1 is 0.784 bits per heavy atom. The summed E-state index contributed by atoms with van der Waals surface area (Å²) < 4.78 is 80.4. The lowest BCUT2D eigenvalue weighted by molar-refractivity contribution is -0.0218. The Hall–Kier alpha value is -2.99. The molecule has 0 radical (unpaired) electrons. The molecule has 1 fully saturated rings. The number of benzene rings is 3. The van der Waals surface area contributed by atoms with Crippen LogP contribution in [0.25, 0.3) is 28.3 Å². The van der Waals surface area contributed by atoms with Gasteiger partial charge in [-0.1, -0.05) is 61.9 Å². The smallest absolute Gasteiger partial charge is 0.167 e. The van der Waals surface area contributed by atoms with Crippen LogP contribution < -0.4 is 0 Å². The van der Waals surface area contributed by atoms with Crippen LogP contribution in [0.2, 0.25) is 0 Å². The van der Waals surface area contributed by atoms with Crippen molar-refractivity contribution in [1.29, 1.82) is 0 Å². The molecular weight excluding hydrogens is 483 g/mol. The van der Waals surface area contributed by atoms with Gasteiger partial charge in [-0.3, -0.25) is 0 Å². The summed E-state index contributed by atoms with van der Waals surface area (Å²) in [7, 11) is 0. The van der Waals surface area contributed by atoms with Crippen LogP contribution in [0.5, 0.6) is 0 Å². The van der Waals surface area contributed by atoms with Gasteiger partial charge in [-0.25, -0.2) is 22.0 Å². The van der Waals surface area contributed by atoms with Crippen LogP contribution in [0, 0.1) is 35.0 Å². The highest BCUT2D eigenvalue weighted by atomic mass is 19.2. The van der Waals surface area contributed by atoms with E-state index in [9.17, 15) is 13.2 Å². The molecular formula is C31H31F5O. The molecule has 1 aliphatic heterocycles. The molecule has 0 bridgehead atoms. The lowest BCUT2D eigenvalue weighted by atomic mass is 9.90. The Bertz CT molecular complexity index is 1280. The fourth-order valence-corrected chi connectivity index (χ4v) is 5.00. The van der Waals surface area contributed by atoms with Gasteiger partial charge in [0.15, 0.2) is 23.3 Å². The second-order valence-corrected chi connectivity index (χ2v) is 9.65. The van der Waals surface area contributed by atoms with E-state index in [2.05, 4.69) is 6.92 Å². The Labute approximate surface area is 215 Å². The number of rotatable bonds is 8. The molecule has 0 N–H and O–H groups in total.